The molecular formula is C17H24N2O2. The van der Waals surface area contributed by atoms with Gasteiger partial charge in [-0.2, -0.15) is 0 Å². The largest absolute Gasteiger partial charge is 0.497 e. The number of nitrogens with zero attached hydrogens (tertiary/aromatic N) is 1. The molecule has 0 saturated carbocycles. The third-order valence-corrected chi connectivity index (χ3v) is 4.45. The lowest BCUT2D eigenvalue weighted by molar-refractivity contribution is 0.0884. The maximum absolute atomic E-state index is 10.6. The highest BCUT2D eigenvalue weighted by Gasteiger charge is 2.21. The molecule has 0 amide bonds. The Labute approximate surface area is 125 Å². The first-order chi connectivity index (χ1) is 10.2. The maximum Gasteiger partial charge on any atom is 0.119 e. The molecule has 1 aliphatic rings. The van der Waals surface area contributed by atoms with Crippen LogP contribution in [-0.4, -0.2) is 41.7 Å². The van der Waals surface area contributed by atoms with E-state index in [0.717, 1.165) is 41.2 Å². The first-order valence-electron chi connectivity index (χ1n) is 7.73. The molecular weight excluding hydrogens is 264 g/mol. The van der Waals surface area contributed by atoms with Gasteiger partial charge in [0.1, 0.15) is 5.75 Å². The van der Waals surface area contributed by atoms with Crippen LogP contribution in [0.3, 0.4) is 0 Å². The predicted molar refractivity (Wildman–Crippen MR) is 84.6 cm³/mol. The number of ether oxygens (including phenoxy) is 1. The average molecular weight is 288 g/mol. The fourth-order valence-electron chi connectivity index (χ4n) is 3.32. The second-order valence-electron chi connectivity index (χ2n) is 6.18. The molecule has 4 nitrogen and oxygen atoms in total. The zero-order chi connectivity index (χ0) is 14.8. The van der Waals surface area contributed by atoms with Crippen LogP contribution in [0.4, 0.5) is 0 Å². The fourth-order valence-corrected chi connectivity index (χ4v) is 3.32. The van der Waals surface area contributed by atoms with Crippen LogP contribution in [0.2, 0.25) is 0 Å². The second kappa shape index (κ2) is 6.08. The molecule has 1 aromatic carbocycles. The summed E-state index contributed by atoms with van der Waals surface area (Å²) in [6.45, 7) is 5.17. The molecule has 114 valence electrons. The molecule has 2 N–H and O–H groups in total. The molecule has 3 rings (SSSR count). The summed E-state index contributed by atoms with van der Waals surface area (Å²) in [4.78, 5) is 5.61. The number of fused-ring (bicyclic) bond motifs is 1. The molecule has 1 fully saturated rings. The van der Waals surface area contributed by atoms with Gasteiger partial charge in [-0.1, -0.05) is 6.92 Å². The van der Waals surface area contributed by atoms with Crippen LogP contribution in [0.25, 0.3) is 10.9 Å². The lowest BCUT2D eigenvalue weighted by Crippen LogP contribution is -2.37. The van der Waals surface area contributed by atoms with Gasteiger partial charge in [0.05, 0.1) is 13.2 Å². The maximum atomic E-state index is 10.6. The van der Waals surface area contributed by atoms with Crippen molar-refractivity contribution in [2.75, 3.05) is 26.7 Å². The number of piperidine rings is 1. The number of likely N-dealkylation sites (tertiary alicyclic amines) is 1. The first kappa shape index (κ1) is 14.4. The van der Waals surface area contributed by atoms with E-state index in [4.69, 9.17) is 4.74 Å². The van der Waals surface area contributed by atoms with E-state index in [2.05, 4.69) is 16.8 Å². The average Bonchev–Trinajstić information content (AvgIpc) is 2.90. The Morgan fingerprint density at radius 3 is 3.10 bits per heavy atom. The van der Waals surface area contributed by atoms with E-state index in [1.165, 1.54) is 12.8 Å². The number of hydrogen-bond acceptors (Lipinski definition) is 3. The van der Waals surface area contributed by atoms with Gasteiger partial charge in [0.25, 0.3) is 0 Å². The molecule has 2 heterocycles. The summed E-state index contributed by atoms with van der Waals surface area (Å²) in [5.74, 6) is 1.55. The number of β-amino-alcohol motifs (C(OH)–C–C–N with tert-alkyl or cyclic N) is 1. The number of rotatable bonds is 4. The standard InChI is InChI=1S/C17H24N2O2/c1-12-4-3-7-19(10-12)11-17(20)15-9-18-16-6-5-13(21-2)8-14(15)16/h5-6,8-9,12,17-18,20H,3-4,7,10-11H2,1-2H3/t12-,17-/m0/s1. The molecule has 2 atom stereocenters. The molecule has 2 aromatic rings. The first-order valence-corrected chi connectivity index (χ1v) is 7.73. The van der Waals surface area contributed by atoms with Crippen molar-refractivity contribution in [2.24, 2.45) is 5.92 Å². The van der Waals surface area contributed by atoms with E-state index in [1.54, 1.807) is 7.11 Å². The summed E-state index contributed by atoms with van der Waals surface area (Å²) in [5, 5.41) is 11.7. The molecule has 21 heavy (non-hydrogen) atoms. The van der Waals surface area contributed by atoms with Crippen LogP contribution in [0.1, 0.15) is 31.4 Å². The zero-order valence-electron chi connectivity index (χ0n) is 12.8. The van der Waals surface area contributed by atoms with Crippen molar-refractivity contribution in [1.29, 1.82) is 0 Å². The molecule has 4 heteroatoms. The molecule has 1 aliphatic heterocycles. The van der Waals surface area contributed by atoms with Crippen LogP contribution >= 0.6 is 0 Å². The Hall–Kier alpha value is -1.52. The lowest BCUT2D eigenvalue weighted by atomic mass is 9.99. The summed E-state index contributed by atoms with van der Waals surface area (Å²) < 4.78 is 5.28. The summed E-state index contributed by atoms with van der Waals surface area (Å²) in [6.07, 6.45) is 3.99. The second-order valence-corrected chi connectivity index (χ2v) is 6.18. The number of nitrogens with one attached hydrogen (secondary N) is 1. The van der Waals surface area contributed by atoms with Gasteiger partial charge < -0.3 is 19.7 Å². The van der Waals surface area contributed by atoms with Crippen molar-refractivity contribution >= 4 is 10.9 Å². The van der Waals surface area contributed by atoms with Gasteiger partial charge in [-0.3, -0.25) is 0 Å². The van der Waals surface area contributed by atoms with Crippen molar-refractivity contribution in [3.8, 4) is 5.75 Å². The van der Waals surface area contributed by atoms with Crippen LogP contribution < -0.4 is 4.74 Å². The zero-order valence-corrected chi connectivity index (χ0v) is 12.8. The van der Waals surface area contributed by atoms with Crippen molar-refractivity contribution < 1.29 is 9.84 Å². The van der Waals surface area contributed by atoms with Crippen LogP contribution in [0.15, 0.2) is 24.4 Å². The van der Waals surface area contributed by atoms with E-state index in [9.17, 15) is 5.11 Å². The fraction of sp³-hybridized carbons (Fsp3) is 0.529. The highest BCUT2D eigenvalue weighted by molar-refractivity contribution is 5.85. The Balaban J connectivity index is 1.79. The molecule has 1 saturated heterocycles. The lowest BCUT2D eigenvalue weighted by Gasteiger charge is -2.32. The minimum Gasteiger partial charge on any atom is -0.497 e. The monoisotopic (exact) mass is 288 g/mol. The van der Waals surface area contributed by atoms with Crippen molar-refractivity contribution in [3.63, 3.8) is 0 Å². The highest BCUT2D eigenvalue weighted by atomic mass is 16.5. The number of H-pyrrole nitrogens is 1. The summed E-state index contributed by atoms with van der Waals surface area (Å²) in [6, 6.07) is 5.91. The smallest absolute Gasteiger partial charge is 0.119 e. The van der Waals surface area contributed by atoms with E-state index in [1.807, 2.05) is 24.4 Å². The number of aromatic nitrogens is 1. The van der Waals surface area contributed by atoms with E-state index in [0.29, 0.717) is 6.54 Å². The molecule has 0 unspecified atom stereocenters. The Kier molecular flexibility index (Phi) is 4.17. The van der Waals surface area contributed by atoms with Crippen LogP contribution in [0.5, 0.6) is 5.75 Å². The third kappa shape index (κ3) is 3.06. The van der Waals surface area contributed by atoms with Crippen LogP contribution in [-0.2, 0) is 0 Å². The topological polar surface area (TPSA) is 48.5 Å². The minimum absolute atomic E-state index is 0.462. The molecule has 0 bridgehead atoms. The SMILES string of the molecule is COc1ccc2[nH]cc([C@@H](O)CN3CCC[C@H](C)C3)c2c1. The Morgan fingerprint density at radius 2 is 2.33 bits per heavy atom. The van der Waals surface area contributed by atoms with Gasteiger partial charge in [-0.15, -0.1) is 0 Å². The molecule has 1 aromatic heterocycles. The quantitative estimate of drug-likeness (QED) is 0.909. The number of aromatic amines is 1. The normalized spacial score (nSPS) is 21.6. The number of methoxy groups -OCH3 is 1. The van der Waals surface area contributed by atoms with Gasteiger partial charge >= 0.3 is 0 Å². The molecule has 0 aliphatic carbocycles. The predicted octanol–water partition coefficient (Wildman–Crippen LogP) is 2.94. The summed E-state index contributed by atoms with van der Waals surface area (Å²) >= 11 is 0. The third-order valence-electron chi connectivity index (χ3n) is 4.45. The van der Waals surface area contributed by atoms with Crippen molar-refractivity contribution in [2.45, 2.75) is 25.9 Å². The number of aliphatic hydroxyl groups is 1. The molecule has 0 spiro atoms. The Morgan fingerprint density at radius 1 is 1.48 bits per heavy atom. The molecule has 0 radical (unpaired) electrons. The van der Waals surface area contributed by atoms with E-state index in [-0.39, 0.29) is 0 Å². The van der Waals surface area contributed by atoms with Crippen molar-refractivity contribution in [1.82, 2.24) is 9.88 Å². The summed E-state index contributed by atoms with van der Waals surface area (Å²) in [7, 11) is 1.67. The summed E-state index contributed by atoms with van der Waals surface area (Å²) in [5.41, 5.74) is 2.00. The van der Waals surface area contributed by atoms with Gasteiger partial charge in [-0.25, -0.2) is 0 Å². The van der Waals surface area contributed by atoms with Crippen molar-refractivity contribution in [3.05, 3.63) is 30.0 Å². The van der Waals surface area contributed by atoms with E-state index >= 15 is 0 Å². The number of benzene rings is 1. The van der Waals surface area contributed by atoms with Crippen LogP contribution in [0, 0.1) is 5.92 Å². The van der Waals surface area contributed by atoms with Gasteiger partial charge in [0.2, 0.25) is 0 Å². The number of hydrogen-bond donors (Lipinski definition) is 2. The minimum atomic E-state index is -0.462. The van der Waals surface area contributed by atoms with Gasteiger partial charge in [-0.05, 0) is 43.5 Å². The number of aliphatic hydroxyl groups excluding tert-OH is 1. The van der Waals surface area contributed by atoms with Gasteiger partial charge in [0.15, 0.2) is 0 Å². The Bertz CT molecular complexity index is 608. The van der Waals surface area contributed by atoms with E-state index < -0.39 is 6.10 Å². The van der Waals surface area contributed by atoms with Gasteiger partial charge in [0, 0.05) is 35.8 Å². The highest BCUT2D eigenvalue weighted by Crippen LogP contribution is 2.29.